The summed E-state index contributed by atoms with van der Waals surface area (Å²) in [6, 6.07) is 9.55. The molecule has 1 aliphatic rings. The molecule has 0 aliphatic carbocycles. The summed E-state index contributed by atoms with van der Waals surface area (Å²) in [7, 11) is 0. The van der Waals surface area contributed by atoms with Crippen LogP contribution in [-0.2, 0) is 5.67 Å². The minimum absolute atomic E-state index is 0.0582. The van der Waals surface area contributed by atoms with Crippen LogP contribution in [0, 0.1) is 0 Å². The van der Waals surface area contributed by atoms with Gasteiger partial charge in [0.05, 0.1) is 0 Å². The van der Waals surface area contributed by atoms with Gasteiger partial charge in [-0.1, -0.05) is 30.3 Å². The van der Waals surface area contributed by atoms with Crippen LogP contribution in [0.5, 0.6) is 0 Å². The Morgan fingerprint density at radius 1 is 1.19 bits per heavy atom. The van der Waals surface area contributed by atoms with Gasteiger partial charge in [-0.3, -0.25) is 4.90 Å². The van der Waals surface area contributed by atoms with Crippen molar-refractivity contribution in [1.82, 2.24) is 4.90 Å². The molecule has 0 aromatic heterocycles. The number of hydrogen-bond acceptors (Lipinski definition) is 1. The highest BCUT2D eigenvalue weighted by atomic mass is 19.1. The number of alkyl halides is 1. The molecule has 1 aliphatic heterocycles. The van der Waals surface area contributed by atoms with Crippen molar-refractivity contribution in [3.63, 3.8) is 0 Å². The maximum absolute atomic E-state index is 14.8. The van der Waals surface area contributed by atoms with Crippen molar-refractivity contribution in [2.24, 2.45) is 0 Å². The van der Waals surface area contributed by atoms with E-state index in [9.17, 15) is 4.39 Å². The largest absolute Gasteiger partial charge is 0.295 e. The first-order chi connectivity index (χ1) is 7.42. The summed E-state index contributed by atoms with van der Waals surface area (Å²) >= 11 is 0. The Labute approximate surface area is 97.3 Å². The van der Waals surface area contributed by atoms with E-state index in [1.165, 1.54) is 0 Å². The number of nitrogens with zero attached hydrogens (tertiary/aromatic N) is 1. The van der Waals surface area contributed by atoms with Crippen LogP contribution in [0.1, 0.15) is 32.8 Å². The van der Waals surface area contributed by atoms with Crippen molar-refractivity contribution in [2.45, 2.75) is 38.4 Å². The van der Waals surface area contributed by atoms with E-state index in [0.717, 1.165) is 12.1 Å². The smallest absolute Gasteiger partial charge is 0.149 e. The summed E-state index contributed by atoms with van der Waals surface area (Å²) in [4.78, 5) is 2.22. The molecule has 1 atom stereocenters. The maximum atomic E-state index is 14.8. The zero-order valence-corrected chi connectivity index (χ0v) is 10.3. The lowest BCUT2D eigenvalue weighted by Crippen LogP contribution is -2.41. The van der Waals surface area contributed by atoms with Crippen LogP contribution in [-0.4, -0.2) is 23.5 Å². The SMILES string of the molecule is CC(C)(C)N1CCC(F)(c2ccccc2)C1. The second kappa shape index (κ2) is 3.85. The first kappa shape index (κ1) is 11.6. The van der Waals surface area contributed by atoms with Crippen LogP contribution in [0.25, 0.3) is 0 Å². The molecule has 2 heteroatoms. The van der Waals surface area contributed by atoms with E-state index >= 15 is 0 Å². The van der Waals surface area contributed by atoms with Crippen molar-refractivity contribution in [2.75, 3.05) is 13.1 Å². The second-order valence-corrected chi connectivity index (χ2v) is 5.67. The summed E-state index contributed by atoms with van der Waals surface area (Å²) in [6.07, 6.45) is 0.605. The van der Waals surface area contributed by atoms with E-state index in [4.69, 9.17) is 0 Å². The quantitative estimate of drug-likeness (QED) is 0.703. The third kappa shape index (κ3) is 2.12. The summed E-state index contributed by atoms with van der Waals surface area (Å²) in [5, 5.41) is 0. The molecule has 88 valence electrons. The molecule has 2 rings (SSSR count). The number of rotatable bonds is 1. The predicted molar refractivity (Wildman–Crippen MR) is 65.2 cm³/mol. The lowest BCUT2D eigenvalue weighted by Gasteiger charge is -2.32. The third-order valence-electron chi connectivity index (χ3n) is 3.46. The van der Waals surface area contributed by atoms with Crippen LogP contribution in [0.3, 0.4) is 0 Å². The minimum atomic E-state index is -1.16. The van der Waals surface area contributed by atoms with E-state index in [-0.39, 0.29) is 5.54 Å². The van der Waals surface area contributed by atoms with Gasteiger partial charge in [-0.05, 0) is 32.8 Å². The van der Waals surface area contributed by atoms with Gasteiger partial charge in [0.15, 0.2) is 0 Å². The fourth-order valence-electron chi connectivity index (χ4n) is 2.32. The van der Waals surface area contributed by atoms with Crippen LogP contribution in [0.2, 0.25) is 0 Å². The van der Waals surface area contributed by atoms with Gasteiger partial charge in [0.25, 0.3) is 0 Å². The Morgan fingerprint density at radius 2 is 1.81 bits per heavy atom. The van der Waals surface area contributed by atoms with Crippen molar-refractivity contribution >= 4 is 0 Å². The average Bonchev–Trinajstić information content (AvgIpc) is 2.63. The molecule has 0 radical (unpaired) electrons. The van der Waals surface area contributed by atoms with Crippen molar-refractivity contribution in [3.05, 3.63) is 35.9 Å². The van der Waals surface area contributed by atoms with Gasteiger partial charge in [0, 0.05) is 18.6 Å². The first-order valence-corrected chi connectivity index (χ1v) is 5.91. The van der Waals surface area contributed by atoms with Gasteiger partial charge in [-0.25, -0.2) is 4.39 Å². The number of hydrogen-bond donors (Lipinski definition) is 0. The normalized spacial score (nSPS) is 27.2. The summed E-state index contributed by atoms with van der Waals surface area (Å²) in [6.45, 7) is 7.78. The molecule has 0 N–H and O–H groups in total. The minimum Gasteiger partial charge on any atom is -0.295 e. The maximum Gasteiger partial charge on any atom is 0.149 e. The zero-order chi connectivity index (χ0) is 11.8. The Hall–Kier alpha value is -0.890. The van der Waals surface area contributed by atoms with E-state index in [0.29, 0.717) is 13.0 Å². The Balaban J connectivity index is 2.19. The molecular weight excluding hydrogens is 201 g/mol. The molecule has 1 aromatic carbocycles. The molecule has 1 unspecified atom stereocenters. The second-order valence-electron chi connectivity index (χ2n) is 5.67. The van der Waals surface area contributed by atoms with Crippen LogP contribution < -0.4 is 0 Å². The number of benzene rings is 1. The molecular formula is C14H20FN. The number of likely N-dealkylation sites (tertiary alicyclic amines) is 1. The molecule has 1 saturated heterocycles. The van der Waals surface area contributed by atoms with Crippen LogP contribution in [0.15, 0.2) is 30.3 Å². The molecule has 16 heavy (non-hydrogen) atoms. The molecule has 1 fully saturated rings. The molecule has 0 saturated carbocycles. The predicted octanol–water partition coefficient (Wildman–Crippen LogP) is 3.36. The van der Waals surface area contributed by atoms with Crippen LogP contribution >= 0.6 is 0 Å². The summed E-state index contributed by atoms with van der Waals surface area (Å²) < 4.78 is 14.8. The molecule has 0 amide bonds. The fraction of sp³-hybridized carbons (Fsp3) is 0.571. The topological polar surface area (TPSA) is 3.24 Å². The molecule has 1 aromatic rings. The Bertz CT molecular complexity index is 355. The molecule has 0 bridgehead atoms. The van der Waals surface area contributed by atoms with E-state index in [1.54, 1.807) is 0 Å². The van der Waals surface area contributed by atoms with Crippen molar-refractivity contribution in [3.8, 4) is 0 Å². The zero-order valence-electron chi connectivity index (χ0n) is 10.3. The van der Waals surface area contributed by atoms with Gasteiger partial charge in [-0.2, -0.15) is 0 Å². The monoisotopic (exact) mass is 221 g/mol. The summed E-state index contributed by atoms with van der Waals surface area (Å²) in [5.74, 6) is 0. The van der Waals surface area contributed by atoms with E-state index in [1.807, 2.05) is 30.3 Å². The highest BCUT2D eigenvalue weighted by molar-refractivity contribution is 5.24. The van der Waals surface area contributed by atoms with Crippen molar-refractivity contribution in [1.29, 1.82) is 0 Å². The van der Waals surface area contributed by atoms with Gasteiger partial charge in [0.2, 0.25) is 0 Å². The molecule has 1 heterocycles. The fourth-order valence-corrected chi connectivity index (χ4v) is 2.32. The lowest BCUT2D eigenvalue weighted by atomic mass is 9.95. The van der Waals surface area contributed by atoms with Gasteiger partial charge in [0.1, 0.15) is 5.67 Å². The first-order valence-electron chi connectivity index (χ1n) is 5.91. The third-order valence-corrected chi connectivity index (χ3v) is 3.46. The van der Waals surface area contributed by atoms with Crippen LogP contribution in [0.4, 0.5) is 4.39 Å². The highest BCUT2D eigenvalue weighted by Crippen LogP contribution is 2.38. The Kier molecular flexibility index (Phi) is 2.79. The Morgan fingerprint density at radius 3 is 2.31 bits per heavy atom. The lowest BCUT2D eigenvalue weighted by molar-refractivity contribution is 0.118. The summed E-state index contributed by atoms with van der Waals surface area (Å²) in [5.41, 5.74) is -0.279. The number of halogens is 1. The van der Waals surface area contributed by atoms with Gasteiger partial charge in [-0.15, -0.1) is 0 Å². The molecule has 0 spiro atoms. The van der Waals surface area contributed by atoms with E-state index < -0.39 is 5.67 Å². The van der Waals surface area contributed by atoms with E-state index in [2.05, 4.69) is 25.7 Å². The standard InChI is InChI=1S/C14H20FN/c1-13(2,3)16-10-9-14(15,11-16)12-7-5-4-6-8-12/h4-8H,9-11H2,1-3H3. The van der Waals surface area contributed by atoms with Gasteiger partial charge >= 0.3 is 0 Å². The molecule has 1 nitrogen and oxygen atoms in total. The highest BCUT2D eigenvalue weighted by Gasteiger charge is 2.42. The van der Waals surface area contributed by atoms with Crippen molar-refractivity contribution < 1.29 is 4.39 Å². The van der Waals surface area contributed by atoms with Gasteiger partial charge < -0.3 is 0 Å². The average molecular weight is 221 g/mol.